The molecule has 0 aliphatic heterocycles. The van der Waals surface area contributed by atoms with E-state index in [2.05, 4.69) is 33.9 Å². The van der Waals surface area contributed by atoms with Crippen molar-refractivity contribution in [1.82, 2.24) is 0 Å². The van der Waals surface area contributed by atoms with Crippen LogP contribution in [0, 0.1) is 5.41 Å². The van der Waals surface area contributed by atoms with Crippen LogP contribution in [0.25, 0.3) is 0 Å². The van der Waals surface area contributed by atoms with Crippen molar-refractivity contribution in [3.63, 3.8) is 0 Å². The molecule has 0 rings (SSSR count). The molecule has 0 fully saturated rings. The van der Waals surface area contributed by atoms with Crippen molar-refractivity contribution in [3.8, 4) is 0 Å². The molecule has 0 atom stereocenters. The molecule has 22 heavy (non-hydrogen) atoms. The van der Waals surface area contributed by atoms with Gasteiger partial charge in [0.1, 0.15) is 0 Å². The molecular weight excluding hydrogens is 290 g/mol. The Morgan fingerprint density at radius 1 is 0.773 bits per heavy atom. The summed E-state index contributed by atoms with van der Waals surface area (Å²) in [6.45, 7) is 14.6. The van der Waals surface area contributed by atoms with Gasteiger partial charge >= 0.3 is 0 Å². The van der Waals surface area contributed by atoms with Crippen LogP contribution >= 0.6 is 0 Å². The van der Waals surface area contributed by atoms with Crippen LogP contribution in [0.5, 0.6) is 0 Å². The van der Waals surface area contributed by atoms with Gasteiger partial charge in [-0.05, 0) is 81.7 Å². The number of rotatable bonds is 12. The lowest BCUT2D eigenvalue weighted by Gasteiger charge is -2.42. The standard InChI is InChI=1S/C17H41N3OSi/c1-16(2,3)22(4,5)21-15-17(9-6-12-18,10-7-13-19)11-8-14-20/h6-15,18-20H2,1-5H3. The van der Waals surface area contributed by atoms with Crippen molar-refractivity contribution in [2.75, 3.05) is 26.2 Å². The molecule has 0 saturated heterocycles. The molecule has 0 aliphatic rings. The Kier molecular flexibility index (Phi) is 10.1. The maximum absolute atomic E-state index is 6.57. The molecule has 5 heteroatoms. The largest absolute Gasteiger partial charge is 0.416 e. The molecule has 0 aromatic rings. The van der Waals surface area contributed by atoms with Gasteiger partial charge in [0.15, 0.2) is 8.32 Å². The maximum atomic E-state index is 6.57. The minimum atomic E-state index is -1.73. The molecule has 0 bridgehead atoms. The van der Waals surface area contributed by atoms with Crippen molar-refractivity contribution in [1.29, 1.82) is 0 Å². The quantitative estimate of drug-likeness (QED) is 0.479. The summed E-state index contributed by atoms with van der Waals surface area (Å²) in [6, 6.07) is 0. The lowest BCUT2D eigenvalue weighted by molar-refractivity contribution is 0.0960. The molecule has 0 unspecified atom stereocenters. The van der Waals surface area contributed by atoms with E-state index < -0.39 is 8.32 Å². The summed E-state index contributed by atoms with van der Waals surface area (Å²) in [5.74, 6) is 0. The van der Waals surface area contributed by atoms with Crippen molar-refractivity contribution in [2.45, 2.75) is 77.4 Å². The summed E-state index contributed by atoms with van der Waals surface area (Å²) in [6.07, 6.45) is 6.52. The first-order valence-electron chi connectivity index (χ1n) is 8.88. The van der Waals surface area contributed by atoms with E-state index in [4.69, 9.17) is 21.6 Å². The Morgan fingerprint density at radius 2 is 1.14 bits per heavy atom. The molecular formula is C17H41N3OSi. The normalized spacial score (nSPS) is 13.6. The molecule has 0 heterocycles. The highest BCUT2D eigenvalue weighted by molar-refractivity contribution is 6.74. The third-order valence-electron chi connectivity index (χ3n) is 5.28. The van der Waals surface area contributed by atoms with E-state index in [0.717, 1.165) is 64.8 Å². The van der Waals surface area contributed by atoms with Crippen molar-refractivity contribution < 1.29 is 4.43 Å². The Morgan fingerprint density at radius 3 is 1.41 bits per heavy atom. The van der Waals surface area contributed by atoms with Crippen LogP contribution in [0.15, 0.2) is 0 Å². The van der Waals surface area contributed by atoms with Crippen LogP contribution in [-0.2, 0) is 4.43 Å². The van der Waals surface area contributed by atoms with E-state index in [0.29, 0.717) is 0 Å². The number of hydrogen-bond acceptors (Lipinski definition) is 4. The van der Waals surface area contributed by atoms with E-state index in [9.17, 15) is 0 Å². The Labute approximate surface area is 139 Å². The van der Waals surface area contributed by atoms with Crippen LogP contribution in [0.3, 0.4) is 0 Å². The molecule has 134 valence electrons. The Hall–Kier alpha value is 0.0569. The molecule has 6 N–H and O–H groups in total. The van der Waals surface area contributed by atoms with Gasteiger partial charge < -0.3 is 21.6 Å². The minimum absolute atomic E-state index is 0.202. The first-order chi connectivity index (χ1) is 10.1. The van der Waals surface area contributed by atoms with Crippen molar-refractivity contribution >= 4 is 8.32 Å². The molecule has 0 saturated carbocycles. The van der Waals surface area contributed by atoms with Gasteiger partial charge in [0.25, 0.3) is 0 Å². The average Bonchev–Trinajstić information content (AvgIpc) is 2.44. The fourth-order valence-electron chi connectivity index (χ4n) is 2.57. The van der Waals surface area contributed by atoms with E-state index >= 15 is 0 Å². The smallest absolute Gasteiger partial charge is 0.192 e. The SMILES string of the molecule is CC(C)(C)[Si](C)(C)OCC(CCCN)(CCCN)CCCN. The minimum Gasteiger partial charge on any atom is -0.416 e. The highest BCUT2D eigenvalue weighted by Gasteiger charge is 2.40. The molecule has 0 spiro atoms. The van der Waals surface area contributed by atoms with Gasteiger partial charge in [0.2, 0.25) is 0 Å². The van der Waals surface area contributed by atoms with Crippen LogP contribution < -0.4 is 17.2 Å². The summed E-state index contributed by atoms with van der Waals surface area (Å²) in [7, 11) is -1.73. The first kappa shape index (κ1) is 22.1. The number of nitrogens with two attached hydrogens (primary N) is 3. The fraction of sp³-hybridized carbons (Fsp3) is 1.00. The lowest BCUT2D eigenvalue weighted by atomic mass is 9.76. The van der Waals surface area contributed by atoms with Crippen LogP contribution in [-0.4, -0.2) is 34.6 Å². The van der Waals surface area contributed by atoms with Gasteiger partial charge in [-0.15, -0.1) is 0 Å². The molecule has 0 aromatic heterocycles. The van der Waals surface area contributed by atoms with Crippen LogP contribution in [0.4, 0.5) is 0 Å². The molecule has 0 radical (unpaired) electrons. The first-order valence-corrected chi connectivity index (χ1v) is 11.8. The fourth-order valence-corrected chi connectivity index (χ4v) is 3.67. The second kappa shape index (κ2) is 10.0. The molecule has 0 aliphatic carbocycles. The van der Waals surface area contributed by atoms with Gasteiger partial charge in [-0.3, -0.25) is 0 Å². The van der Waals surface area contributed by atoms with Gasteiger partial charge in [-0.1, -0.05) is 20.8 Å². The second-order valence-electron chi connectivity index (χ2n) is 8.23. The van der Waals surface area contributed by atoms with Gasteiger partial charge in [-0.25, -0.2) is 0 Å². The van der Waals surface area contributed by atoms with E-state index in [-0.39, 0.29) is 10.5 Å². The van der Waals surface area contributed by atoms with E-state index in [1.54, 1.807) is 0 Å². The third kappa shape index (κ3) is 7.55. The van der Waals surface area contributed by atoms with E-state index in [1.165, 1.54) is 0 Å². The van der Waals surface area contributed by atoms with Gasteiger partial charge in [0.05, 0.1) is 0 Å². The summed E-state index contributed by atoms with van der Waals surface area (Å²) < 4.78 is 6.57. The van der Waals surface area contributed by atoms with Crippen LogP contribution in [0.2, 0.25) is 18.1 Å². The van der Waals surface area contributed by atoms with E-state index in [1.807, 2.05) is 0 Å². The summed E-state index contributed by atoms with van der Waals surface area (Å²) in [5.41, 5.74) is 17.5. The number of hydrogen-bond donors (Lipinski definition) is 3. The Bertz CT molecular complexity index is 268. The third-order valence-corrected chi connectivity index (χ3v) is 9.76. The topological polar surface area (TPSA) is 87.3 Å². The molecule has 0 amide bonds. The van der Waals surface area contributed by atoms with Gasteiger partial charge in [0, 0.05) is 6.61 Å². The second-order valence-corrected chi connectivity index (χ2v) is 13.0. The highest BCUT2D eigenvalue weighted by atomic mass is 28.4. The Balaban J connectivity index is 4.99. The predicted molar refractivity (Wildman–Crippen MR) is 100 cm³/mol. The maximum Gasteiger partial charge on any atom is 0.192 e. The zero-order valence-corrected chi connectivity index (χ0v) is 16.7. The highest BCUT2D eigenvalue weighted by Crippen LogP contribution is 2.41. The summed E-state index contributed by atoms with van der Waals surface area (Å²) in [5, 5.41) is 0.244. The summed E-state index contributed by atoms with van der Waals surface area (Å²) >= 11 is 0. The zero-order valence-electron chi connectivity index (χ0n) is 15.7. The van der Waals surface area contributed by atoms with Crippen molar-refractivity contribution in [2.24, 2.45) is 22.6 Å². The van der Waals surface area contributed by atoms with Crippen molar-refractivity contribution in [3.05, 3.63) is 0 Å². The predicted octanol–water partition coefficient (Wildman–Crippen LogP) is 3.21. The van der Waals surface area contributed by atoms with Gasteiger partial charge in [-0.2, -0.15) is 0 Å². The summed E-state index contributed by atoms with van der Waals surface area (Å²) in [4.78, 5) is 0. The molecule has 4 nitrogen and oxygen atoms in total. The molecule has 0 aromatic carbocycles. The average molecular weight is 332 g/mol. The van der Waals surface area contributed by atoms with Crippen LogP contribution in [0.1, 0.15) is 59.3 Å². The zero-order chi connectivity index (χ0) is 17.3. The monoisotopic (exact) mass is 331 g/mol. The lowest BCUT2D eigenvalue weighted by Crippen LogP contribution is -2.44.